The summed E-state index contributed by atoms with van der Waals surface area (Å²) in [4.78, 5) is 18.0. The van der Waals surface area contributed by atoms with Gasteiger partial charge in [0.2, 0.25) is 0 Å². The van der Waals surface area contributed by atoms with Crippen LogP contribution in [-0.4, -0.2) is 22.2 Å². The highest BCUT2D eigenvalue weighted by Gasteiger charge is 1.95. The summed E-state index contributed by atoms with van der Waals surface area (Å²) in [6.07, 6.45) is 0. The largest absolute Gasteiger partial charge is 0.481 e. The average molecular weight is 304 g/mol. The van der Waals surface area contributed by atoms with E-state index in [1.165, 1.54) is 0 Å². The fourth-order valence-corrected chi connectivity index (χ4v) is 1.35. The van der Waals surface area contributed by atoms with Crippen molar-refractivity contribution in [1.29, 1.82) is 0 Å². The number of carboxylic acid groups (broad SMARTS) is 2. The van der Waals surface area contributed by atoms with E-state index in [-0.39, 0.29) is 0 Å². The molecule has 0 atom stereocenters. The van der Waals surface area contributed by atoms with Gasteiger partial charge in [0, 0.05) is 25.2 Å². The van der Waals surface area contributed by atoms with Gasteiger partial charge in [-0.15, -0.1) is 0 Å². The van der Waals surface area contributed by atoms with Gasteiger partial charge in [0.25, 0.3) is 11.9 Å². The zero-order valence-corrected chi connectivity index (χ0v) is 12.5. The van der Waals surface area contributed by atoms with Crippen LogP contribution in [0.5, 0.6) is 0 Å². The van der Waals surface area contributed by atoms with Crippen LogP contribution >= 0.6 is 0 Å². The van der Waals surface area contributed by atoms with E-state index >= 15 is 0 Å². The molecule has 2 rings (SSSR count). The Labute approximate surface area is 129 Å². The average Bonchev–Trinajstić information content (AvgIpc) is 2.39. The molecule has 6 heteroatoms. The van der Waals surface area contributed by atoms with Crippen LogP contribution in [0.4, 0.5) is 11.4 Å². The molecule has 2 aromatic rings. The molecule has 0 aliphatic carbocycles. The van der Waals surface area contributed by atoms with Gasteiger partial charge in [-0.2, -0.15) is 0 Å². The third kappa shape index (κ3) is 9.85. The zero-order valence-electron chi connectivity index (χ0n) is 12.5. The Morgan fingerprint density at radius 1 is 0.682 bits per heavy atom. The highest BCUT2D eigenvalue weighted by atomic mass is 16.4. The van der Waals surface area contributed by atoms with Crippen molar-refractivity contribution in [2.24, 2.45) is 0 Å². The first-order chi connectivity index (χ1) is 10.2. The van der Waals surface area contributed by atoms with E-state index in [1.54, 1.807) is 0 Å². The first kappa shape index (κ1) is 19.0. The summed E-state index contributed by atoms with van der Waals surface area (Å²) in [6.45, 7) is 2.17. The number of nitrogen functional groups attached to an aromatic ring is 2. The molecule has 0 amide bonds. The van der Waals surface area contributed by atoms with E-state index in [9.17, 15) is 0 Å². The van der Waals surface area contributed by atoms with Gasteiger partial charge in [-0.05, 0) is 35.4 Å². The summed E-state index contributed by atoms with van der Waals surface area (Å²) in [5.41, 5.74) is 15.1. The van der Waals surface area contributed by atoms with Gasteiger partial charge in [-0.25, -0.2) is 0 Å². The summed E-state index contributed by atoms with van der Waals surface area (Å²) in [5, 5.41) is 14.8. The molecule has 118 valence electrons. The van der Waals surface area contributed by atoms with Crippen LogP contribution in [0.2, 0.25) is 0 Å². The number of rotatable bonds is 1. The number of hydrogen-bond acceptors (Lipinski definition) is 4. The number of anilines is 2. The molecule has 6 N–H and O–H groups in total. The standard InChI is InChI=1S/C12H12N2.2C2H4O2/c13-11-5-1-9(2-6-11)10-3-7-12(14)8-4-10;2*1-2(3)4/h1-8H,13-14H2;2*1H3,(H,3,4). The summed E-state index contributed by atoms with van der Waals surface area (Å²) in [6, 6.07) is 15.6. The molecule has 22 heavy (non-hydrogen) atoms. The molecule has 0 fully saturated rings. The third-order valence-corrected chi connectivity index (χ3v) is 2.15. The highest BCUT2D eigenvalue weighted by Crippen LogP contribution is 2.21. The molecular formula is C16H20N2O4. The molecule has 0 saturated carbocycles. The van der Waals surface area contributed by atoms with E-state index in [0.29, 0.717) is 0 Å². The van der Waals surface area contributed by atoms with Crippen molar-refractivity contribution in [2.45, 2.75) is 13.8 Å². The number of benzene rings is 2. The molecule has 0 saturated heterocycles. The molecule has 0 aromatic heterocycles. The molecule has 0 bridgehead atoms. The van der Waals surface area contributed by atoms with E-state index in [2.05, 4.69) is 0 Å². The van der Waals surface area contributed by atoms with Crippen molar-refractivity contribution in [3.63, 3.8) is 0 Å². The molecule has 0 unspecified atom stereocenters. The number of nitrogens with two attached hydrogens (primary N) is 2. The maximum Gasteiger partial charge on any atom is 0.300 e. The maximum absolute atomic E-state index is 9.00. The van der Waals surface area contributed by atoms with Crippen LogP contribution in [0.1, 0.15) is 13.8 Å². The minimum absolute atomic E-state index is 0.782. The van der Waals surface area contributed by atoms with Gasteiger partial charge in [0.1, 0.15) is 0 Å². The molecule has 6 nitrogen and oxygen atoms in total. The molecule has 2 aromatic carbocycles. The zero-order chi connectivity index (χ0) is 17.1. The van der Waals surface area contributed by atoms with Crippen LogP contribution in [0.25, 0.3) is 11.1 Å². The Kier molecular flexibility index (Phi) is 8.47. The van der Waals surface area contributed by atoms with Gasteiger partial charge >= 0.3 is 0 Å². The summed E-state index contributed by atoms with van der Waals surface area (Å²) >= 11 is 0. The van der Waals surface area contributed by atoms with Crippen molar-refractivity contribution in [1.82, 2.24) is 0 Å². The first-order valence-corrected chi connectivity index (χ1v) is 6.33. The van der Waals surface area contributed by atoms with Crippen LogP contribution in [-0.2, 0) is 9.59 Å². The minimum atomic E-state index is -0.833. The number of hydrogen-bond donors (Lipinski definition) is 4. The van der Waals surface area contributed by atoms with Crippen molar-refractivity contribution < 1.29 is 19.8 Å². The Balaban J connectivity index is 0.000000464. The Morgan fingerprint density at radius 2 is 0.864 bits per heavy atom. The minimum Gasteiger partial charge on any atom is -0.481 e. The van der Waals surface area contributed by atoms with Crippen LogP contribution < -0.4 is 11.5 Å². The van der Waals surface area contributed by atoms with Crippen LogP contribution in [0, 0.1) is 0 Å². The molecule has 0 spiro atoms. The smallest absolute Gasteiger partial charge is 0.300 e. The molecule has 0 aliphatic rings. The van der Waals surface area contributed by atoms with E-state index < -0.39 is 11.9 Å². The number of carboxylic acids is 2. The lowest BCUT2D eigenvalue weighted by molar-refractivity contribution is -0.135. The molecule has 0 aliphatic heterocycles. The van der Waals surface area contributed by atoms with Gasteiger partial charge in [0.15, 0.2) is 0 Å². The van der Waals surface area contributed by atoms with E-state index in [0.717, 1.165) is 36.3 Å². The topological polar surface area (TPSA) is 127 Å². The molecule has 0 radical (unpaired) electrons. The van der Waals surface area contributed by atoms with E-state index in [1.807, 2.05) is 48.5 Å². The number of carbonyl (C=O) groups is 2. The SMILES string of the molecule is CC(=O)O.CC(=O)O.Nc1ccc(-c2ccc(N)cc2)cc1. The fraction of sp³-hybridized carbons (Fsp3) is 0.125. The normalized spacial score (nSPS) is 8.64. The van der Waals surface area contributed by atoms with E-state index in [4.69, 9.17) is 31.3 Å². The summed E-state index contributed by atoms with van der Waals surface area (Å²) in [7, 11) is 0. The van der Waals surface area contributed by atoms with Crippen molar-refractivity contribution >= 4 is 23.3 Å². The lowest BCUT2D eigenvalue weighted by Gasteiger charge is -2.02. The van der Waals surface area contributed by atoms with Gasteiger partial charge in [-0.1, -0.05) is 24.3 Å². The second-order valence-corrected chi connectivity index (χ2v) is 4.28. The third-order valence-electron chi connectivity index (χ3n) is 2.15. The monoisotopic (exact) mass is 304 g/mol. The highest BCUT2D eigenvalue weighted by molar-refractivity contribution is 5.67. The van der Waals surface area contributed by atoms with Crippen LogP contribution in [0.3, 0.4) is 0 Å². The lowest BCUT2D eigenvalue weighted by atomic mass is 10.1. The first-order valence-electron chi connectivity index (χ1n) is 6.33. The Bertz CT molecular complexity index is 529. The number of aliphatic carboxylic acids is 2. The predicted octanol–water partition coefficient (Wildman–Crippen LogP) is 2.70. The molecular weight excluding hydrogens is 284 g/mol. The second kappa shape index (κ2) is 9.82. The van der Waals surface area contributed by atoms with Crippen molar-refractivity contribution in [3.05, 3.63) is 48.5 Å². The Morgan fingerprint density at radius 3 is 1.05 bits per heavy atom. The Hall–Kier alpha value is -3.02. The second-order valence-electron chi connectivity index (χ2n) is 4.28. The predicted molar refractivity (Wildman–Crippen MR) is 87.3 cm³/mol. The van der Waals surface area contributed by atoms with Crippen molar-refractivity contribution in [2.75, 3.05) is 11.5 Å². The molecule has 0 heterocycles. The van der Waals surface area contributed by atoms with Gasteiger partial charge in [-0.3, -0.25) is 9.59 Å². The van der Waals surface area contributed by atoms with Gasteiger partial charge in [0.05, 0.1) is 0 Å². The summed E-state index contributed by atoms with van der Waals surface area (Å²) in [5.74, 6) is -1.67. The fourth-order valence-electron chi connectivity index (χ4n) is 1.35. The summed E-state index contributed by atoms with van der Waals surface area (Å²) < 4.78 is 0. The quantitative estimate of drug-likeness (QED) is 0.600. The lowest BCUT2D eigenvalue weighted by Crippen LogP contribution is -1.85. The maximum atomic E-state index is 9.00. The van der Waals surface area contributed by atoms with Gasteiger partial charge < -0.3 is 21.7 Å². The van der Waals surface area contributed by atoms with Crippen molar-refractivity contribution in [3.8, 4) is 11.1 Å². The van der Waals surface area contributed by atoms with Crippen LogP contribution in [0.15, 0.2) is 48.5 Å².